The van der Waals surface area contributed by atoms with E-state index in [4.69, 9.17) is 4.74 Å². The van der Waals surface area contributed by atoms with Gasteiger partial charge in [0.1, 0.15) is 29.8 Å². The molecule has 0 unspecified atom stereocenters. The van der Waals surface area contributed by atoms with Crippen molar-refractivity contribution in [1.82, 2.24) is 5.32 Å². The van der Waals surface area contributed by atoms with Crippen molar-refractivity contribution in [2.45, 2.75) is 56.2 Å². The number of ether oxygens (including phenoxy) is 1. The fourth-order valence-electron chi connectivity index (χ4n) is 2.18. The molecule has 0 saturated carbocycles. The predicted octanol–water partition coefficient (Wildman–Crippen LogP) is -0.715. The number of nitrogens with one attached hydrogen (secondary N) is 1. The normalized spacial score (nSPS) is 40.3. The van der Waals surface area contributed by atoms with E-state index in [-0.39, 0.29) is 5.44 Å². The van der Waals surface area contributed by atoms with E-state index in [0.29, 0.717) is 5.17 Å². The van der Waals surface area contributed by atoms with E-state index in [9.17, 15) is 15.3 Å². The van der Waals surface area contributed by atoms with Crippen LogP contribution >= 0.6 is 11.8 Å². The van der Waals surface area contributed by atoms with Crippen molar-refractivity contribution < 1.29 is 20.1 Å². The van der Waals surface area contributed by atoms with Gasteiger partial charge in [-0.2, -0.15) is 0 Å². The summed E-state index contributed by atoms with van der Waals surface area (Å²) in [5, 5.41) is 33.8. The molecule has 104 valence electrons. The van der Waals surface area contributed by atoms with Gasteiger partial charge in [-0.25, -0.2) is 0 Å². The van der Waals surface area contributed by atoms with Crippen molar-refractivity contribution in [1.29, 1.82) is 0 Å². The number of aliphatic hydroxyl groups excluding tert-OH is 2. The van der Waals surface area contributed by atoms with Crippen LogP contribution in [0.25, 0.3) is 0 Å². The Hall–Kier alpha value is -0.340. The number of aliphatic hydroxyl groups is 3. The van der Waals surface area contributed by atoms with Crippen LogP contribution in [0.2, 0.25) is 0 Å². The molecule has 0 aliphatic carbocycles. The Morgan fingerprint density at radius 3 is 2.61 bits per heavy atom. The third kappa shape index (κ3) is 2.50. The van der Waals surface area contributed by atoms with Gasteiger partial charge >= 0.3 is 0 Å². The van der Waals surface area contributed by atoms with Gasteiger partial charge in [0.25, 0.3) is 0 Å². The largest absolute Gasteiger partial charge is 0.388 e. The van der Waals surface area contributed by atoms with Gasteiger partial charge in [-0.05, 0) is 20.8 Å². The molecule has 2 aliphatic rings. The summed E-state index contributed by atoms with van der Waals surface area (Å²) in [4.78, 5) is 4.30. The van der Waals surface area contributed by atoms with Crippen LogP contribution in [-0.4, -0.2) is 62.4 Å². The number of thioether (sulfide) groups is 1. The van der Waals surface area contributed by atoms with Crippen LogP contribution in [0.15, 0.2) is 4.99 Å². The van der Waals surface area contributed by atoms with E-state index < -0.39 is 30.0 Å². The van der Waals surface area contributed by atoms with Crippen molar-refractivity contribution in [2.24, 2.45) is 4.99 Å². The van der Waals surface area contributed by atoms with E-state index in [1.165, 1.54) is 11.8 Å². The molecule has 0 aromatic rings. The molecule has 0 bridgehead atoms. The summed E-state index contributed by atoms with van der Waals surface area (Å²) in [6.45, 7) is 5.80. The number of rotatable bonds is 2. The Labute approximate surface area is 110 Å². The minimum atomic E-state index is -1.22. The molecule has 6 nitrogen and oxygen atoms in total. The summed E-state index contributed by atoms with van der Waals surface area (Å²) < 4.78 is 5.68. The highest BCUT2D eigenvalue weighted by Gasteiger charge is 2.52. The van der Waals surface area contributed by atoms with E-state index in [1.807, 2.05) is 6.92 Å². The topological polar surface area (TPSA) is 94.3 Å². The molecule has 1 saturated heterocycles. The second kappa shape index (κ2) is 4.97. The van der Waals surface area contributed by atoms with Gasteiger partial charge < -0.3 is 25.4 Å². The fourth-order valence-corrected chi connectivity index (χ4v) is 3.35. The van der Waals surface area contributed by atoms with Crippen LogP contribution in [0, 0.1) is 0 Å². The van der Waals surface area contributed by atoms with E-state index >= 15 is 0 Å². The van der Waals surface area contributed by atoms with Crippen LogP contribution in [-0.2, 0) is 4.74 Å². The zero-order chi connectivity index (χ0) is 13.5. The SMILES string of the molecule is CCNC1=N[C@@H]2[C@@H](O)[C@H](O)[C@H](C(C)(C)O)O[C@@H]2S1. The lowest BCUT2D eigenvalue weighted by Gasteiger charge is -2.43. The van der Waals surface area contributed by atoms with Crippen molar-refractivity contribution in [3.8, 4) is 0 Å². The molecule has 0 amide bonds. The lowest BCUT2D eigenvalue weighted by Crippen LogP contribution is -2.61. The molecule has 1 fully saturated rings. The molecule has 2 heterocycles. The van der Waals surface area contributed by atoms with E-state index in [0.717, 1.165) is 6.54 Å². The maximum absolute atomic E-state index is 10.1. The summed E-state index contributed by atoms with van der Waals surface area (Å²) in [6.07, 6.45) is -2.99. The second-order valence-corrected chi connectivity index (χ2v) is 6.22. The molecule has 2 aliphatic heterocycles. The molecule has 0 aromatic carbocycles. The molecular weight excluding hydrogens is 256 g/mol. The van der Waals surface area contributed by atoms with E-state index in [1.54, 1.807) is 13.8 Å². The highest BCUT2D eigenvalue weighted by atomic mass is 32.2. The summed E-state index contributed by atoms with van der Waals surface area (Å²) in [6, 6.07) is -0.488. The Balaban J connectivity index is 2.14. The molecule has 0 spiro atoms. The summed E-state index contributed by atoms with van der Waals surface area (Å²) in [5.41, 5.74) is -1.58. The number of amidine groups is 1. The summed E-state index contributed by atoms with van der Waals surface area (Å²) in [5.74, 6) is 0. The molecular formula is C11H20N2O4S. The zero-order valence-corrected chi connectivity index (χ0v) is 11.5. The van der Waals surface area contributed by atoms with Crippen LogP contribution in [0.4, 0.5) is 0 Å². The van der Waals surface area contributed by atoms with Crippen molar-refractivity contribution in [3.05, 3.63) is 0 Å². The first-order chi connectivity index (χ1) is 8.34. The molecule has 7 heteroatoms. The maximum Gasteiger partial charge on any atom is 0.159 e. The molecule has 0 aromatic heterocycles. The molecule has 4 N–H and O–H groups in total. The monoisotopic (exact) mass is 276 g/mol. The van der Waals surface area contributed by atoms with Crippen LogP contribution < -0.4 is 5.32 Å². The average Bonchev–Trinajstić information content (AvgIpc) is 2.65. The Kier molecular flexibility index (Phi) is 3.89. The highest BCUT2D eigenvalue weighted by Crippen LogP contribution is 2.38. The van der Waals surface area contributed by atoms with Gasteiger partial charge in [-0.1, -0.05) is 11.8 Å². The second-order valence-electron chi connectivity index (χ2n) is 5.13. The van der Waals surface area contributed by atoms with Crippen LogP contribution in [0.3, 0.4) is 0 Å². The van der Waals surface area contributed by atoms with Gasteiger partial charge in [0.2, 0.25) is 0 Å². The van der Waals surface area contributed by atoms with Crippen molar-refractivity contribution in [2.75, 3.05) is 6.54 Å². The fraction of sp³-hybridized carbons (Fsp3) is 0.909. The van der Waals surface area contributed by atoms with Gasteiger partial charge in [0.05, 0.1) is 5.60 Å². The molecule has 2 rings (SSSR count). The number of aliphatic imine (C=N–C) groups is 1. The first kappa shape index (κ1) is 14.1. The number of hydrogen-bond acceptors (Lipinski definition) is 7. The molecule has 5 atom stereocenters. The molecule has 18 heavy (non-hydrogen) atoms. The van der Waals surface area contributed by atoms with Gasteiger partial charge in [-0.15, -0.1) is 0 Å². The number of fused-ring (bicyclic) bond motifs is 1. The van der Waals surface area contributed by atoms with Crippen LogP contribution in [0.1, 0.15) is 20.8 Å². The Morgan fingerprint density at radius 2 is 2.06 bits per heavy atom. The van der Waals surface area contributed by atoms with Crippen molar-refractivity contribution in [3.63, 3.8) is 0 Å². The summed E-state index contributed by atoms with van der Waals surface area (Å²) >= 11 is 1.38. The number of hydrogen-bond donors (Lipinski definition) is 4. The minimum absolute atomic E-state index is 0.367. The minimum Gasteiger partial charge on any atom is -0.388 e. The standard InChI is InChI=1S/C11H20N2O4S/c1-4-12-10-13-5-6(14)7(15)8(11(2,3)16)17-9(5)18-10/h5-9,14-16H,4H2,1-3H3,(H,12,13)/t5-,6-,7+,8-,9-/m1/s1. The van der Waals surface area contributed by atoms with Crippen molar-refractivity contribution >= 4 is 16.9 Å². The lowest BCUT2D eigenvalue weighted by molar-refractivity contribution is -0.208. The van der Waals surface area contributed by atoms with E-state index in [2.05, 4.69) is 10.3 Å². The number of nitrogens with zero attached hydrogens (tertiary/aromatic N) is 1. The Morgan fingerprint density at radius 1 is 1.39 bits per heavy atom. The predicted molar refractivity (Wildman–Crippen MR) is 69.5 cm³/mol. The first-order valence-electron chi connectivity index (χ1n) is 6.07. The zero-order valence-electron chi connectivity index (χ0n) is 10.7. The molecule has 0 radical (unpaired) electrons. The highest BCUT2D eigenvalue weighted by molar-refractivity contribution is 8.14. The van der Waals surface area contributed by atoms with Crippen LogP contribution in [0.5, 0.6) is 0 Å². The van der Waals surface area contributed by atoms with Gasteiger partial charge in [0.15, 0.2) is 5.17 Å². The van der Waals surface area contributed by atoms with Gasteiger partial charge in [0, 0.05) is 6.54 Å². The third-order valence-electron chi connectivity index (χ3n) is 3.09. The first-order valence-corrected chi connectivity index (χ1v) is 6.95. The average molecular weight is 276 g/mol. The van der Waals surface area contributed by atoms with Gasteiger partial charge in [-0.3, -0.25) is 4.99 Å². The lowest BCUT2D eigenvalue weighted by atomic mass is 9.89. The summed E-state index contributed by atoms with van der Waals surface area (Å²) in [7, 11) is 0. The smallest absolute Gasteiger partial charge is 0.159 e. The quantitative estimate of drug-likeness (QED) is 0.532. The maximum atomic E-state index is 10.1. The Bertz CT molecular complexity index is 344. The third-order valence-corrected chi connectivity index (χ3v) is 4.18.